The minimum Gasteiger partial charge on any atom is -0.478 e. The molecule has 2 aromatic carbocycles. The van der Waals surface area contributed by atoms with E-state index in [4.69, 9.17) is 5.11 Å². The lowest BCUT2D eigenvalue weighted by molar-refractivity contribution is 0.0697. The smallest absolute Gasteiger partial charge is 0.335 e. The number of nitrogens with one attached hydrogen (secondary N) is 1. The van der Waals surface area contributed by atoms with Crippen LogP contribution in [0, 0.1) is 0 Å². The first kappa shape index (κ1) is 12.8. The van der Waals surface area contributed by atoms with Crippen LogP contribution >= 0.6 is 0 Å². The van der Waals surface area contributed by atoms with Crippen molar-refractivity contribution in [2.45, 2.75) is 0 Å². The number of hydrogen-bond donors (Lipinski definition) is 2. The van der Waals surface area contributed by atoms with E-state index in [0.29, 0.717) is 11.1 Å². The SMILES string of the molecule is CNC(=O)c1cc(C(=O)O)cc(-c2ccccc2)c1. The van der Waals surface area contributed by atoms with Crippen LogP contribution in [-0.2, 0) is 0 Å². The fourth-order valence-corrected chi connectivity index (χ4v) is 1.82. The van der Waals surface area contributed by atoms with Gasteiger partial charge in [0.05, 0.1) is 5.56 Å². The summed E-state index contributed by atoms with van der Waals surface area (Å²) in [5.41, 5.74) is 2.01. The Morgan fingerprint density at radius 1 is 0.947 bits per heavy atom. The summed E-state index contributed by atoms with van der Waals surface area (Å²) in [6.07, 6.45) is 0. The molecule has 0 heterocycles. The number of aromatic carboxylic acids is 1. The summed E-state index contributed by atoms with van der Waals surface area (Å²) in [5.74, 6) is -1.36. The van der Waals surface area contributed by atoms with E-state index in [2.05, 4.69) is 5.32 Å². The van der Waals surface area contributed by atoms with Crippen LogP contribution in [0.25, 0.3) is 11.1 Å². The van der Waals surface area contributed by atoms with Crippen molar-refractivity contribution in [3.8, 4) is 11.1 Å². The minimum absolute atomic E-state index is 0.0972. The summed E-state index contributed by atoms with van der Waals surface area (Å²) in [6, 6.07) is 14.0. The van der Waals surface area contributed by atoms with E-state index >= 15 is 0 Å². The molecule has 0 saturated heterocycles. The van der Waals surface area contributed by atoms with Crippen molar-refractivity contribution in [2.24, 2.45) is 0 Å². The minimum atomic E-state index is -1.05. The molecule has 0 spiro atoms. The standard InChI is InChI=1S/C15H13NO3/c1-16-14(17)12-7-11(8-13(9-12)15(18)19)10-5-3-2-4-6-10/h2-9H,1H3,(H,16,17)(H,18,19). The number of carboxylic acid groups (broad SMARTS) is 1. The van der Waals surface area contributed by atoms with Gasteiger partial charge in [-0.1, -0.05) is 30.3 Å². The van der Waals surface area contributed by atoms with E-state index in [0.717, 1.165) is 5.56 Å². The molecule has 0 radical (unpaired) electrons. The molecule has 0 fully saturated rings. The first-order valence-corrected chi connectivity index (χ1v) is 5.77. The van der Waals surface area contributed by atoms with Crippen molar-refractivity contribution < 1.29 is 14.7 Å². The highest BCUT2D eigenvalue weighted by molar-refractivity contribution is 5.99. The number of carbonyl (C=O) groups is 2. The van der Waals surface area contributed by atoms with Crippen LogP contribution in [0.5, 0.6) is 0 Å². The number of rotatable bonds is 3. The van der Waals surface area contributed by atoms with Gasteiger partial charge in [-0.05, 0) is 29.3 Å². The van der Waals surface area contributed by atoms with Crippen LogP contribution < -0.4 is 5.32 Å². The number of hydrogen-bond acceptors (Lipinski definition) is 2. The summed E-state index contributed by atoms with van der Waals surface area (Å²) in [7, 11) is 1.51. The fraction of sp³-hybridized carbons (Fsp3) is 0.0667. The maximum absolute atomic E-state index is 11.7. The van der Waals surface area contributed by atoms with Crippen LogP contribution in [0.2, 0.25) is 0 Å². The summed E-state index contributed by atoms with van der Waals surface area (Å²) >= 11 is 0. The zero-order valence-electron chi connectivity index (χ0n) is 10.4. The molecule has 1 amide bonds. The summed E-state index contributed by atoms with van der Waals surface area (Å²) in [6.45, 7) is 0. The van der Waals surface area contributed by atoms with Crippen molar-refractivity contribution in [1.29, 1.82) is 0 Å². The van der Waals surface area contributed by atoms with E-state index in [-0.39, 0.29) is 11.5 Å². The third kappa shape index (κ3) is 2.80. The zero-order chi connectivity index (χ0) is 13.8. The lowest BCUT2D eigenvalue weighted by Crippen LogP contribution is -2.18. The highest BCUT2D eigenvalue weighted by Crippen LogP contribution is 2.22. The molecule has 2 N–H and O–H groups in total. The van der Waals surface area contributed by atoms with Crippen LogP contribution in [0.15, 0.2) is 48.5 Å². The Kier molecular flexibility index (Phi) is 3.61. The van der Waals surface area contributed by atoms with Crippen molar-refractivity contribution in [3.63, 3.8) is 0 Å². The van der Waals surface area contributed by atoms with Gasteiger partial charge in [0.15, 0.2) is 0 Å². The van der Waals surface area contributed by atoms with E-state index in [9.17, 15) is 9.59 Å². The van der Waals surface area contributed by atoms with Gasteiger partial charge in [-0.15, -0.1) is 0 Å². The molecule has 0 aliphatic carbocycles. The Labute approximate surface area is 110 Å². The molecule has 0 atom stereocenters. The van der Waals surface area contributed by atoms with Gasteiger partial charge >= 0.3 is 5.97 Å². The Morgan fingerprint density at radius 2 is 1.58 bits per heavy atom. The fourth-order valence-electron chi connectivity index (χ4n) is 1.82. The van der Waals surface area contributed by atoms with Crippen LogP contribution in [-0.4, -0.2) is 24.0 Å². The highest BCUT2D eigenvalue weighted by atomic mass is 16.4. The molecule has 0 aromatic heterocycles. The van der Waals surface area contributed by atoms with E-state index in [1.807, 2.05) is 30.3 Å². The molecule has 0 aliphatic rings. The average molecular weight is 255 g/mol. The molecule has 4 nitrogen and oxygen atoms in total. The van der Waals surface area contributed by atoms with Gasteiger partial charge in [0, 0.05) is 12.6 Å². The predicted octanol–water partition coefficient (Wildman–Crippen LogP) is 2.41. The molecule has 2 aromatic rings. The van der Waals surface area contributed by atoms with Crippen LogP contribution in [0.3, 0.4) is 0 Å². The third-order valence-electron chi connectivity index (χ3n) is 2.78. The van der Waals surface area contributed by atoms with Crippen molar-refractivity contribution >= 4 is 11.9 Å². The number of carbonyl (C=O) groups excluding carboxylic acids is 1. The highest BCUT2D eigenvalue weighted by Gasteiger charge is 2.12. The molecule has 2 rings (SSSR count). The second-order valence-corrected chi connectivity index (χ2v) is 4.05. The lowest BCUT2D eigenvalue weighted by Gasteiger charge is -2.07. The maximum atomic E-state index is 11.7. The molecule has 96 valence electrons. The van der Waals surface area contributed by atoms with E-state index in [1.54, 1.807) is 12.1 Å². The second kappa shape index (κ2) is 5.35. The Morgan fingerprint density at radius 3 is 2.16 bits per heavy atom. The first-order chi connectivity index (χ1) is 9.11. The van der Waals surface area contributed by atoms with Gasteiger partial charge in [0.1, 0.15) is 0 Å². The Balaban J connectivity index is 2.58. The lowest BCUT2D eigenvalue weighted by atomic mass is 9.99. The number of benzene rings is 2. The van der Waals surface area contributed by atoms with Gasteiger partial charge in [-0.2, -0.15) is 0 Å². The van der Waals surface area contributed by atoms with Crippen LogP contribution in [0.1, 0.15) is 20.7 Å². The normalized spacial score (nSPS) is 9.95. The van der Waals surface area contributed by atoms with Crippen molar-refractivity contribution in [1.82, 2.24) is 5.32 Å². The topological polar surface area (TPSA) is 66.4 Å². The van der Waals surface area contributed by atoms with Crippen molar-refractivity contribution in [2.75, 3.05) is 7.05 Å². The quantitative estimate of drug-likeness (QED) is 0.885. The van der Waals surface area contributed by atoms with E-state index in [1.165, 1.54) is 13.1 Å². The summed E-state index contributed by atoms with van der Waals surface area (Å²) in [5, 5.41) is 11.6. The monoisotopic (exact) mass is 255 g/mol. The van der Waals surface area contributed by atoms with E-state index < -0.39 is 5.97 Å². The molecule has 0 saturated carbocycles. The molecule has 0 aliphatic heterocycles. The number of carboxylic acids is 1. The predicted molar refractivity (Wildman–Crippen MR) is 72.2 cm³/mol. The molecule has 0 bridgehead atoms. The second-order valence-electron chi connectivity index (χ2n) is 4.05. The first-order valence-electron chi connectivity index (χ1n) is 5.77. The third-order valence-corrected chi connectivity index (χ3v) is 2.78. The summed E-state index contributed by atoms with van der Waals surface area (Å²) < 4.78 is 0. The molecule has 4 heteroatoms. The van der Waals surface area contributed by atoms with Gasteiger partial charge in [-0.3, -0.25) is 4.79 Å². The maximum Gasteiger partial charge on any atom is 0.335 e. The van der Waals surface area contributed by atoms with Gasteiger partial charge in [0.25, 0.3) is 5.91 Å². The van der Waals surface area contributed by atoms with Gasteiger partial charge < -0.3 is 10.4 Å². The average Bonchev–Trinajstić information content (AvgIpc) is 2.46. The molecule has 19 heavy (non-hydrogen) atoms. The largest absolute Gasteiger partial charge is 0.478 e. The number of amides is 1. The van der Waals surface area contributed by atoms with Gasteiger partial charge in [-0.25, -0.2) is 4.79 Å². The Hall–Kier alpha value is -2.62. The molecular weight excluding hydrogens is 242 g/mol. The Bertz CT molecular complexity index is 621. The van der Waals surface area contributed by atoms with Gasteiger partial charge in [0.2, 0.25) is 0 Å². The molecule has 0 unspecified atom stereocenters. The molecular formula is C15H13NO3. The summed E-state index contributed by atoms with van der Waals surface area (Å²) in [4.78, 5) is 22.8. The zero-order valence-corrected chi connectivity index (χ0v) is 10.4. The van der Waals surface area contributed by atoms with Crippen LogP contribution in [0.4, 0.5) is 0 Å². The van der Waals surface area contributed by atoms with Crippen molar-refractivity contribution in [3.05, 3.63) is 59.7 Å².